The quantitative estimate of drug-likeness (QED) is 0.0435. The van der Waals surface area contributed by atoms with E-state index in [0.29, 0.717) is 12.8 Å². The minimum absolute atomic E-state index is 0.166. The van der Waals surface area contributed by atoms with Crippen LogP contribution in [0.3, 0.4) is 0 Å². The Balaban J connectivity index is 3.69. The maximum Gasteiger partial charge on any atom is 0.220 e. The fourth-order valence-electron chi connectivity index (χ4n) is 5.47. The van der Waals surface area contributed by atoms with Gasteiger partial charge in [-0.15, -0.1) is 0 Å². The fraction of sp³-hybridized carbons (Fsp3) is 0.821. The zero-order chi connectivity index (χ0) is 32.4. The summed E-state index contributed by atoms with van der Waals surface area (Å²) in [5.41, 5.74) is 0. The Kier molecular flexibility index (Phi) is 33.3. The van der Waals surface area contributed by atoms with Gasteiger partial charge < -0.3 is 20.6 Å². The minimum Gasteiger partial charge on any atom is -0.394 e. The lowest BCUT2D eigenvalue weighted by atomic mass is 10.0. The highest BCUT2D eigenvalue weighted by Gasteiger charge is 2.26. The van der Waals surface area contributed by atoms with E-state index in [9.17, 15) is 20.1 Å². The van der Waals surface area contributed by atoms with Crippen molar-refractivity contribution in [2.24, 2.45) is 0 Å². The second-order valence-corrected chi connectivity index (χ2v) is 12.8. The van der Waals surface area contributed by atoms with E-state index >= 15 is 0 Å². The number of unbranched alkanes of at least 4 members (excludes halogenated alkanes) is 19. The maximum atomic E-state index is 12.3. The monoisotopic (exact) mass is 620 g/mol. The van der Waals surface area contributed by atoms with Crippen LogP contribution >= 0.6 is 0 Å². The van der Waals surface area contributed by atoms with Gasteiger partial charge in [-0.25, -0.2) is 0 Å². The van der Waals surface area contributed by atoms with Gasteiger partial charge in [0.1, 0.15) is 6.10 Å². The lowest BCUT2D eigenvalue weighted by Crippen LogP contribution is -2.50. The predicted octanol–water partition coefficient (Wildman–Crippen LogP) is 10.0. The van der Waals surface area contributed by atoms with Gasteiger partial charge in [0.25, 0.3) is 0 Å². The summed E-state index contributed by atoms with van der Waals surface area (Å²) in [6, 6.07) is -0.831. The molecule has 0 radical (unpaired) electrons. The summed E-state index contributed by atoms with van der Waals surface area (Å²) in [6.07, 6.45) is 41.1. The first-order valence-electron chi connectivity index (χ1n) is 18.8. The molecule has 258 valence electrons. The smallest absolute Gasteiger partial charge is 0.220 e. The highest BCUT2D eigenvalue weighted by molar-refractivity contribution is 5.76. The van der Waals surface area contributed by atoms with Gasteiger partial charge in [0.05, 0.1) is 18.8 Å². The largest absolute Gasteiger partial charge is 0.394 e. The Hall–Kier alpha value is -1.43. The van der Waals surface area contributed by atoms with E-state index in [1.54, 1.807) is 0 Å². The number of aliphatic hydroxyl groups excluding tert-OH is 3. The van der Waals surface area contributed by atoms with E-state index in [0.717, 1.165) is 51.4 Å². The summed E-state index contributed by atoms with van der Waals surface area (Å²) in [4.78, 5) is 12.3. The molecule has 0 fully saturated rings. The molecule has 0 spiro atoms. The average molecular weight is 620 g/mol. The summed E-state index contributed by atoms with van der Waals surface area (Å²) < 4.78 is 0. The summed E-state index contributed by atoms with van der Waals surface area (Å²) in [5, 5.41) is 33.2. The highest BCUT2D eigenvalue weighted by atomic mass is 16.3. The molecule has 3 unspecified atom stereocenters. The van der Waals surface area contributed by atoms with Gasteiger partial charge in [-0.3, -0.25) is 4.79 Å². The van der Waals surface area contributed by atoms with Crippen LogP contribution in [-0.2, 0) is 4.79 Å². The van der Waals surface area contributed by atoms with E-state index in [1.807, 2.05) is 0 Å². The van der Waals surface area contributed by atoms with Crippen molar-refractivity contribution < 1.29 is 20.1 Å². The van der Waals surface area contributed by atoms with Crippen LogP contribution in [-0.4, -0.2) is 46.1 Å². The van der Waals surface area contributed by atoms with Gasteiger partial charge in [-0.05, 0) is 70.6 Å². The number of allylic oxidation sites excluding steroid dienone is 6. The number of aliphatic hydroxyl groups is 3. The molecule has 0 aromatic rings. The van der Waals surface area contributed by atoms with Crippen LogP contribution in [0.15, 0.2) is 36.5 Å². The average Bonchev–Trinajstić information content (AvgIpc) is 3.03. The van der Waals surface area contributed by atoms with Crippen molar-refractivity contribution in [1.29, 1.82) is 0 Å². The summed E-state index contributed by atoms with van der Waals surface area (Å²) in [6.45, 7) is 4.07. The molecule has 0 aliphatic heterocycles. The van der Waals surface area contributed by atoms with Crippen molar-refractivity contribution in [3.63, 3.8) is 0 Å². The molecule has 4 N–H and O–H groups in total. The van der Waals surface area contributed by atoms with Crippen LogP contribution in [0.25, 0.3) is 0 Å². The first-order valence-corrected chi connectivity index (χ1v) is 18.8. The third-order valence-electron chi connectivity index (χ3n) is 8.42. The van der Waals surface area contributed by atoms with Crippen LogP contribution in [0.5, 0.6) is 0 Å². The molecule has 0 aliphatic carbocycles. The molecule has 1 amide bonds. The van der Waals surface area contributed by atoms with Gasteiger partial charge >= 0.3 is 0 Å². The highest BCUT2D eigenvalue weighted by Crippen LogP contribution is 2.13. The molecule has 0 aromatic carbocycles. The van der Waals surface area contributed by atoms with Crippen molar-refractivity contribution in [2.75, 3.05) is 6.61 Å². The Bertz CT molecular complexity index is 690. The van der Waals surface area contributed by atoms with E-state index in [4.69, 9.17) is 0 Å². The van der Waals surface area contributed by atoms with Crippen molar-refractivity contribution in [2.45, 2.75) is 199 Å². The molecule has 0 rings (SSSR count). The van der Waals surface area contributed by atoms with Crippen molar-refractivity contribution in [3.05, 3.63) is 36.5 Å². The fourth-order valence-corrected chi connectivity index (χ4v) is 5.47. The molecule has 0 aliphatic rings. The van der Waals surface area contributed by atoms with Crippen LogP contribution in [0.2, 0.25) is 0 Å². The van der Waals surface area contributed by atoms with Crippen molar-refractivity contribution >= 4 is 5.91 Å². The Morgan fingerprint density at radius 2 is 0.977 bits per heavy atom. The molecule has 5 heteroatoms. The number of hydrogen-bond acceptors (Lipinski definition) is 4. The number of rotatable bonds is 33. The van der Waals surface area contributed by atoms with Crippen LogP contribution in [0, 0.1) is 0 Å². The first-order chi connectivity index (χ1) is 21.6. The number of hydrogen-bond donors (Lipinski definition) is 4. The molecule has 44 heavy (non-hydrogen) atoms. The first kappa shape index (κ1) is 42.6. The molecule has 0 bridgehead atoms. The number of nitrogens with one attached hydrogen (secondary N) is 1. The van der Waals surface area contributed by atoms with Gasteiger partial charge in [0.15, 0.2) is 0 Å². The lowest BCUT2D eigenvalue weighted by Gasteiger charge is -2.26. The molecule has 0 saturated carbocycles. The standard InChI is InChI=1S/C39H73NO4/c1-3-5-7-9-11-13-15-16-17-18-19-20-21-22-23-24-26-28-30-32-34-38(43)40-36(35-41)39(44)37(42)33-31-29-27-25-14-12-10-8-6-4-2/h8,10,19-20,25,27,36-37,39,41-42,44H,3-7,9,11-18,21-24,26,28-35H2,1-2H3,(H,40,43)/b10-8+,20-19-,27-25+. The number of carbonyl (C=O) groups is 1. The lowest BCUT2D eigenvalue weighted by molar-refractivity contribution is -0.124. The van der Waals surface area contributed by atoms with Crippen LogP contribution in [0.4, 0.5) is 0 Å². The van der Waals surface area contributed by atoms with Gasteiger partial charge in [0.2, 0.25) is 5.91 Å². The van der Waals surface area contributed by atoms with Crippen molar-refractivity contribution in [1.82, 2.24) is 5.32 Å². The zero-order valence-corrected chi connectivity index (χ0v) is 29.0. The maximum absolute atomic E-state index is 12.3. The minimum atomic E-state index is -1.17. The Morgan fingerprint density at radius 1 is 0.545 bits per heavy atom. The third-order valence-corrected chi connectivity index (χ3v) is 8.42. The second-order valence-electron chi connectivity index (χ2n) is 12.8. The molecule has 5 nitrogen and oxygen atoms in total. The molecule has 0 saturated heterocycles. The zero-order valence-electron chi connectivity index (χ0n) is 29.0. The summed E-state index contributed by atoms with van der Waals surface area (Å²) in [5.74, 6) is -0.166. The molecule has 0 aromatic heterocycles. The Morgan fingerprint density at radius 3 is 1.48 bits per heavy atom. The van der Waals surface area contributed by atoms with Crippen LogP contribution < -0.4 is 5.32 Å². The van der Waals surface area contributed by atoms with E-state index in [2.05, 4.69) is 55.6 Å². The molecular formula is C39H73NO4. The van der Waals surface area contributed by atoms with Gasteiger partial charge in [-0.1, -0.05) is 140 Å². The number of carbonyl (C=O) groups excluding carboxylic acids is 1. The SMILES string of the molecule is CCC/C=C/CC/C=C/CCCC(O)C(O)C(CO)NC(=O)CCCCCCCCC/C=C\CCCCCCCCCCC. The van der Waals surface area contributed by atoms with E-state index in [1.165, 1.54) is 103 Å². The molecule has 3 atom stereocenters. The Labute approximate surface area is 273 Å². The topological polar surface area (TPSA) is 89.8 Å². The molecule has 0 heterocycles. The van der Waals surface area contributed by atoms with Crippen LogP contribution in [0.1, 0.15) is 181 Å². The van der Waals surface area contributed by atoms with E-state index < -0.39 is 18.2 Å². The summed E-state index contributed by atoms with van der Waals surface area (Å²) in [7, 11) is 0. The number of amides is 1. The predicted molar refractivity (Wildman–Crippen MR) is 190 cm³/mol. The second kappa shape index (κ2) is 34.4. The normalized spacial score (nSPS) is 14.2. The molecular weight excluding hydrogens is 546 g/mol. The van der Waals surface area contributed by atoms with E-state index in [-0.39, 0.29) is 12.5 Å². The van der Waals surface area contributed by atoms with Gasteiger partial charge in [0, 0.05) is 6.42 Å². The van der Waals surface area contributed by atoms with Crippen molar-refractivity contribution in [3.8, 4) is 0 Å². The van der Waals surface area contributed by atoms with Gasteiger partial charge in [-0.2, -0.15) is 0 Å². The summed E-state index contributed by atoms with van der Waals surface area (Å²) >= 11 is 0. The third kappa shape index (κ3) is 29.3.